The van der Waals surface area contributed by atoms with Crippen LogP contribution in [0.3, 0.4) is 0 Å². The number of nitro groups is 6. The highest BCUT2D eigenvalue weighted by molar-refractivity contribution is 5.07. The summed E-state index contributed by atoms with van der Waals surface area (Å²) in [4.78, 5) is 55.6. The third kappa shape index (κ3) is 1.77. The standard InChI is InChI=1S/C5H3N7O12/c13-7(14)3-1-2-6(12(23)24)5(10(19)20,11(21)22)4(3,8(15)16)9(17)18/h1-3H. The van der Waals surface area contributed by atoms with E-state index in [4.69, 9.17) is 0 Å². The van der Waals surface area contributed by atoms with Gasteiger partial charge in [-0.1, -0.05) is 0 Å². The normalized spacial score (nSPS) is 20.8. The Kier molecular flexibility index (Phi) is 3.97. The Morgan fingerprint density at radius 1 is 0.750 bits per heavy atom. The molecule has 24 heavy (non-hydrogen) atoms. The highest BCUT2D eigenvalue weighted by Gasteiger charge is 3.05. The summed E-state index contributed by atoms with van der Waals surface area (Å²) in [6.45, 7) is 0. The maximum absolute atomic E-state index is 11.2. The van der Waals surface area contributed by atoms with Crippen LogP contribution in [0.15, 0.2) is 12.3 Å². The van der Waals surface area contributed by atoms with Crippen LogP contribution in [0.4, 0.5) is 0 Å². The lowest BCUT2D eigenvalue weighted by Crippen LogP contribution is -2.83. The molecule has 0 spiro atoms. The highest BCUT2D eigenvalue weighted by atomic mass is 16.7. The van der Waals surface area contributed by atoms with E-state index in [-0.39, 0.29) is 12.3 Å². The van der Waals surface area contributed by atoms with Crippen molar-refractivity contribution in [1.29, 1.82) is 0 Å². The minimum atomic E-state index is -4.92. The van der Waals surface area contributed by atoms with Crippen molar-refractivity contribution in [2.45, 2.75) is 17.5 Å². The first-order chi connectivity index (χ1) is 10.9. The first-order valence-corrected chi connectivity index (χ1v) is 5.23. The van der Waals surface area contributed by atoms with Crippen molar-refractivity contribution in [1.82, 2.24) is 5.01 Å². The van der Waals surface area contributed by atoms with E-state index in [0.29, 0.717) is 0 Å². The topological polar surface area (TPSA) is 262 Å². The van der Waals surface area contributed by atoms with Crippen LogP contribution in [0, 0.1) is 60.7 Å². The molecule has 0 fully saturated rings. The van der Waals surface area contributed by atoms with Gasteiger partial charge >= 0.3 is 17.5 Å². The van der Waals surface area contributed by atoms with Gasteiger partial charge in [-0.3, -0.25) is 50.6 Å². The van der Waals surface area contributed by atoms with Gasteiger partial charge in [-0.25, -0.2) is 10.1 Å². The lowest BCUT2D eigenvalue weighted by molar-refractivity contribution is -1.000. The van der Waals surface area contributed by atoms with Crippen molar-refractivity contribution < 1.29 is 29.6 Å². The van der Waals surface area contributed by atoms with Gasteiger partial charge in [0.15, 0.2) is 5.03 Å². The molecule has 1 atom stereocenters. The van der Waals surface area contributed by atoms with Crippen molar-refractivity contribution in [3.63, 3.8) is 0 Å². The van der Waals surface area contributed by atoms with Gasteiger partial charge in [-0.15, -0.1) is 0 Å². The van der Waals surface area contributed by atoms with Gasteiger partial charge in [0.25, 0.3) is 0 Å². The maximum atomic E-state index is 11.2. The maximum Gasteiger partial charge on any atom is 0.745 e. The molecule has 0 aliphatic carbocycles. The Hall–Kier alpha value is -4.06. The number of nitrogens with zero attached hydrogens (tertiary/aromatic N) is 7. The summed E-state index contributed by atoms with van der Waals surface area (Å²) in [6.07, 6.45) is -0.260. The van der Waals surface area contributed by atoms with Crippen LogP contribution >= 0.6 is 0 Å². The smallest absolute Gasteiger partial charge is 0.263 e. The molecule has 0 saturated heterocycles. The second-order valence-electron chi connectivity index (χ2n) is 4.04. The molecule has 0 radical (unpaired) electrons. The van der Waals surface area contributed by atoms with E-state index in [9.17, 15) is 60.7 Å². The fourth-order valence-corrected chi connectivity index (χ4v) is 2.18. The van der Waals surface area contributed by atoms with Crippen molar-refractivity contribution in [2.24, 2.45) is 0 Å². The third-order valence-corrected chi connectivity index (χ3v) is 3.10. The van der Waals surface area contributed by atoms with Crippen molar-refractivity contribution in [3.05, 3.63) is 73.0 Å². The molecule has 1 aliphatic heterocycles. The van der Waals surface area contributed by atoms with Gasteiger partial charge in [0.2, 0.25) is 0 Å². The summed E-state index contributed by atoms with van der Waals surface area (Å²) in [5.74, 6) is -4.92. The van der Waals surface area contributed by atoms with E-state index in [1.165, 1.54) is 0 Å². The summed E-state index contributed by atoms with van der Waals surface area (Å²) in [5.41, 5.74) is -4.83. The molecule has 0 bridgehead atoms. The Balaban J connectivity index is 4.20. The minimum absolute atomic E-state index is 0.0837. The second kappa shape index (κ2) is 5.29. The number of hydrogen-bond donors (Lipinski definition) is 0. The lowest BCUT2D eigenvalue weighted by atomic mass is 9.90. The van der Waals surface area contributed by atoms with Crippen LogP contribution in [0.5, 0.6) is 0 Å². The van der Waals surface area contributed by atoms with Gasteiger partial charge in [-0.05, 0) is 0 Å². The predicted molar refractivity (Wildman–Crippen MR) is 62.2 cm³/mol. The van der Waals surface area contributed by atoms with E-state index in [1.807, 2.05) is 0 Å². The molecule has 0 saturated carbocycles. The lowest BCUT2D eigenvalue weighted by Gasteiger charge is -2.27. The van der Waals surface area contributed by atoms with Gasteiger partial charge < -0.3 is 0 Å². The molecule has 0 aromatic rings. The molecule has 19 heteroatoms. The van der Waals surface area contributed by atoms with Crippen molar-refractivity contribution in [3.8, 4) is 0 Å². The zero-order valence-corrected chi connectivity index (χ0v) is 10.8. The Morgan fingerprint density at radius 2 is 1.17 bits per heavy atom. The van der Waals surface area contributed by atoms with Crippen molar-refractivity contribution >= 4 is 0 Å². The average Bonchev–Trinajstić information content (AvgIpc) is 2.43. The summed E-state index contributed by atoms with van der Waals surface area (Å²) in [7, 11) is 0. The number of hydrogen-bond acceptors (Lipinski definition) is 12. The SMILES string of the molecule is O=[N+]([O-])C1C=CN([N+](=O)[O-])C([N+](=O)[O-])([N+](=O)[O-])C1([N+](=O)[O-])[N+](=O)[O-]. The van der Waals surface area contributed by atoms with Gasteiger partial charge in [0, 0.05) is 11.0 Å². The molecule has 0 amide bonds. The molecule has 1 rings (SSSR count). The molecule has 0 aromatic heterocycles. The van der Waals surface area contributed by atoms with Crippen LogP contribution < -0.4 is 0 Å². The summed E-state index contributed by atoms with van der Waals surface area (Å²) in [6, 6.07) is -3.24. The summed E-state index contributed by atoms with van der Waals surface area (Å²) >= 11 is 0. The molecule has 19 nitrogen and oxygen atoms in total. The Morgan fingerprint density at radius 3 is 1.42 bits per heavy atom. The van der Waals surface area contributed by atoms with Crippen molar-refractivity contribution in [2.75, 3.05) is 0 Å². The number of hydrazine groups is 1. The average molecular weight is 353 g/mol. The molecule has 1 aliphatic rings. The summed E-state index contributed by atoms with van der Waals surface area (Å²) in [5, 5.41) is 63.5. The van der Waals surface area contributed by atoms with Crippen LogP contribution in [0.1, 0.15) is 0 Å². The highest BCUT2D eigenvalue weighted by Crippen LogP contribution is 2.41. The third-order valence-electron chi connectivity index (χ3n) is 3.10. The van der Waals surface area contributed by atoms with Gasteiger partial charge in [0.05, 0.1) is 11.2 Å². The number of rotatable bonds is 6. The molecule has 1 unspecified atom stereocenters. The van der Waals surface area contributed by atoms with E-state index < -0.39 is 52.1 Å². The monoisotopic (exact) mass is 353 g/mol. The predicted octanol–water partition coefficient (Wildman–Crippen LogP) is -1.89. The molecule has 130 valence electrons. The van der Waals surface area contributed by atoms with E-state index in [0.717, 1.165) is 0 Å². The zero-order valence-electron chi connectivity index (χ0n) is 10.8. The molecular weight excluding hydrogens is 350 g/mol. The quantitative estimate of drug-likeness (QED) is 0.287. The van der Waals surface area contributed by atoms with E-state index in [2.05, 4.69) is 0 Å². The first-order valence-electron chi connectivity index (χ1n) is 5.23. The van der Waals surface area contributed by atoms with Gasteiger partial charge in [-0.2, -0.15) is 0 Å². The van der Waals surface area contributed by atoms with E-state index in [1.54, 1.807) is 0 Å². The van der Waals surface area contributed by atoms with Crippen LogP contribution in [0.2, 0.25) is 0 Å². The van der Waals surface area contributed by atoms with Crippen LogP contribution in [0.25, 0.3) is 0 Å². The Labute approximate surface area is 126 Å². The van der Waals surface area contributed by atoms with E-state index >= 15 is 0 Å². The first kappa shape index (κ1) is 18.0. The molecule has 0 N–H and O–H groups in total. The van der Waals surface area contributed by atoms with Gasteiger partial charge in [0.1, 0.15) is 19.7 Å². The molecular formula is C5H3N7O12. The Bertz CT molecular complexity index is 612. The molecule has 1 heterocycles. The summed E-state index contributed by atoms with van der Waals surface area (Å²) < 4.78 is 0. The molecule has 0 aromatic carbocycles. The van der Waals surface area contributed by atoms with Crippen LogP contribution in [-0.2, 0) is 0 Å². The minimum Gasteiger partial charge on any atom is -0.263 e. The fourth-order valence-electron chi connectivity index (χ4n) is 2.18. The zero-order chi connectivity index (χ0) is 19.0. The fraction of sp³-hybridized carbons (Fsp3) is 0.600. The van der Waals surface area contributed by atoms with Crippen LogP contribution in [-0.4, -0.2) is 52.1 Å². The largest absolute Gasteiger partial charge is 0.745 e. The second-order valence-corrected chi connectivity index (χ2v) is 4.04.